The Labute approximate surface area is 100 Å². The van der Waals surface area contributed by atoms with Crippen LogP contribution in [0, 0.1) is 5.41 Å². The topological polar surface area (TPSA) is 58.2 Å². The molecule has 0 atom stereocenters. The quantitative estimate of drug-likeness (QED) is 0.442. The highest BCUT2D eigenvalue weighted by Gasteiger charge is 2.48. The first-order valence-corrected chi connectivity index (χ1v) is 5.64. The largest absolute Gasteiger partial charge is 0.302 e. The standard InChI is InChI=1S/C11H16N2O2S/c1-4-5-11(6-7(2)3)8(14)12-10(16)13-9(11)15/h2,4-6H2,1,3H3,(H2,12,13,14,15,16). The van der Waals surface area contributed by atoms with Crippen LogP contribution in [0.5, 0.6) is 0 Å². The molecule has 0 aromatic carbocycles. The van der Waals surface area contributed by atoms with Gasteiger partial charge in [0.15, 0.2) is 5.11 Å². The Morgan fingerprint density at radius 1 is 1.38 bits per heavy atom. The number of hydrogen-bond donors (Lipinski definition) is 2. The second-order valence-electron chi connectivity index (χ2n) is 4.20. The summed E-state index contributed by atoms with van der Waals surface area (Å²) in [5, 5.41) is 5.11. The van der Waals surface area contributed by atoms with Gasteiger partial charge in [0, 0.05) is 0 Å². The number of amides is 2. The zero-order chi connectivity index (χ0) is 12.3. The third-order valence-corrected chi connectivity index (χ3v) is 2.81. The van der Waals surface area contributed by atoms with Gasteiger partial charge in [-0.15, -0.1) is 6.58 Å². The summed E-state index contributed by atoms with van der Waals surface area (Å²) in [5.41, 5.74) is -0.227. The van der Waals surface area contributed by atoms with E-state index in [4.69, 9.17) is 12.2 Å². The van der Waals surface area contributed by atoms with Crippen molar-refractivity contribution in [2.24, 2.45) is 5.41 Å². The minimum atomic E-state index is -1.04. The van der Waals surface area contributed by atoms with Gasteiger partial charge in [0.2, 0.25) is 11.8 Å². The first-order valence-electron chi connectivity index (χ1n) is 5.23. The van der Waals surface area contributed by atoms with Crippen LogP contribution in [0.4, 0.5) is 0 Å². The fourth-order valence-corrected chi connectivity index (χ4v) is 2.18. The molecule has 0 aliphatic carbocycles. The fraction of sp³-hybridized carbons (Fsp3) is 0.545. The Bertz CT molecular complexity index is 343. The van der Waals surface area contributed by atoms with E-state index in [1.54, 1.807) is 0 Å². The Balaban J connectivity index is 3.06. The summed E-state index contributed by atoms with van der Waals surface area (Å²) in [5.74, 6) is -0.628. The molecular formula is C11H16N2O2S. The molecule has 0 aromatic rings. The van der Waals surface area contributed by atoms with Gasteiger partial charge >= 0.3 is 0 Å². The van der Waals surface area contributed by atoms with Gasteiger partial charge in [0.25, 0.3) is 0 Å². The van der Waals surface area contributed by atoms with Crippen molar-refractivity contribution in [2.75, 3.05) is 0 Å². The van der Waals surface area contributed by atoms with Gasteiger partial charge in [0.05, 0.1) is 0 Å². The molecule has 0 spiro atoms. The van der Waals surface area contributed by atoms with Gasteiger partial charge in [-0.25, -0.2) is 0 Å². The lowest BCUT2D eigenvalue weighted by atomic mass is 9.75. The summed E-state index contributed by atoms with van der Waals surface area (Å²) in [6, 6.07) is 0. The van der Waals surface area contributed by atoms with E-state index in [2.05, 4.69) is 17.2 Å². The molecule has 2 amide bonds. The van der Waals surface area contributed by atoms with Crippen LogP contribution < -0.4 is 10.6 Å². The van der Waals surface area contributed by atoms with E-state index in [1.165, 1.54) is 0 Å². The van der Waals surface area contributed by atoms with Crippen molar-refractivity contribution in [3.8, 4) is 0 Å². The molecule has 1 fully saturated rings. The highest BCUT2D eigenvalue weighted by Crippen LogP contribution is 2.33. The first kappa shape index (κ1) is 12.8. The maximum absolute atomic E-state index is 12.0. The summed E-state index contributed by atoms with van der Waals surface area (Å²) in [4.78, 5) is 23.9. The third kappa shape index (κ3) is 2.29. The summed E-state index contributed by atoms with van der Waals surface area (Å²) < 4.78 is 0. The van der Waals surface area contributed by atoms with E-state index in [0.717, 1.165) is 12.0 Å². The van der Waals surface area contributed by atoms with Crippen molar-refractivity contribution in [3.63, 3.8) is 0 Å². The summed E-state index contributed by atoms with van der Waals surface area (Å²) in [6.07, 6.45) is 1.61. The van der Waals surface area contributed by atoms with Crippen molar-refractivity contribution in [2.45, 2.75) is 33.1 Å². The van der Waals surface area contributed by atoms with Gasteiger partial charge < -0.3 is 10.6 Å². The molecule has 0 saturated carbocycles. The smallest absolute Gasteiger partial charge is 0.242 e. The molecule has 88 valence electrons. The van der Waals surface area contributed by atoms with Gasteiger partial charge in [-0.05, 0) is 32.0 Å². The second-order valence-corrected chi connectivity index (χ2v) is 4.61. The number of allylic oxidation sites excluding steroid dienone is 1. The van der Waals surface area contributed by atoms with Crippen LogP contribution in [-0.4, -0.2) is 16.9 Å². The van der Waals surface area contributed by atoms with Crippen LogP contribution in [0.1, 0.15) is 33.1 Å². The lowest BCUT2D eigenvalue weighted by Gasteiger charge is -2.35. The van der Waals surface area contributed by atoms with Crippen LogP contribution in [0.3, 0.4) is 0 Å². The normalized spacial score (nSPS) is 19.0. The molecule has 1 saturated heterocycles. The van der Waals surface area contributed by atoms with Gasteiger partial charge in [-0.3, -0.25) is 9.59 Å². The SMILES string of the molecule is C=C(C)CC1(CCC)C(=O)NC(=S)NC1=O. The van der Waals surface area contributed by atoms with E-state index in [9.17, 15) is 9.59 Å². The number of hydrogen-bond acceptors (Lipinski definition) is 3. The summed E-state index contributed by atoms with van der Waals surface area (Å²) in [7, 11) is 0. The molecule has 2 N–H and O–H groups in total. The Hall–Kier alpha value is -1.23. The van der Waals surface area contributed by atoms with Crippen molar-refractivity contribution < 1.29 is 9.59 Å². The molecule has 1 heterocycles. The number of nitrogens with one attached hydrogen (secondary N) is 2. The molecule has 1 rings (SSSR count). The molecule has 1 aliphatic heterocycles. The average molecular weight is 240 g/mol. The number of carbonyl (C=O) groups is 2. The van der Waals surface area contributed by atoms with Crippen LogP contribution in [0.2, 0.25) is 0 Å². The molecule has 0 radical (unpaired) electrons. The zero-order valence-electron chi connectivity index (χ0n) is 9.55. The number of thiocarbonyl (C=S) groups is 1. The Morgan fingerprint density at radius 3 is 2.25 bits per heavy atom. The predicted molar refractivity (Wildman–Crippen MR) is 65.7 cm³/mol. The highest BCUT2D eigenvalue weighted by atomic mass is 32.1. The van der Waals surface area contributed by atoms with Crippen LogP contribution >= 0.6 is 12.2 Å². The van der Waals surface area contributed by atoms with Crippen LogP contribution in [0.25, 0.3) is 0 Å². The fourth-order valence-electron chi connectivity index (χ4n) is 2.00. The van der Waals surface area contributed by atoms with Gasteiger partial charge in [0.1, 0.15) is 5.41 Å². The maximum Gasteiger partial charge on any atom is 0.242 e. The monoisotopic (exact) mass is 240 g/mol. The molecule has 5 heteroatoms. The van der Waals surface area contributed by atoms with E-state index in [1.807, 2.05) is 13.8 Å². The van der Waals surface area contributed by atoms with E-state index in [-0.39, 0.29) is 16.9 Å². The first-order chi connectivity index (χ1) is 7.42. The van der Waals surface area contributed by atoms with Crippen molar-refractivity contribution in [3.05, 3.63) is 12.2 Å². The van der Waals surface area contributed by atoms with Crippen LogP contribution in [0.15, 0.2) is 12.2 Å². The Morgan fingerprint density at radius 2 is 1.88 bits per heavy atom. The maximum atomic E-state index is 12.0. The average Bonchev–Trinajstić information content (AvgIpc) is 2.13. The molecule has 16 heavy (non-hydrogen) atoms. The van der Waals surface area contributed by atoms with E-state index >= 15 is 0 Å². The minimum absolute atomic E-state index is 0.0865. The molecule has 4 nitrogen and oxygen atoms in total. The van der Waals surface area contributed by atoms with Crippen LogP contribution in [-0.2, 0) is 9.59 Å². The zero-order valence-corrected chi connectivity index (χ0v) is 10.4. The van der Waals surface area contributed by atoms with Crippen molar-refractivity contribution >= 4 is 29.1 Å². The predicted octanol–water partition coefficient (Wildman–Crippen LogP) is 1.27. The minimum Gasteiger partial charge on any atom is -0.302 e. The Kier molecular flexibility index (Phi) is 3.80. The molecule has 0 unspecified atom stereocenters. The van der Waals surface area contributed by atoms with Gasteiger partial charge in [-0.1, -0.05) is 18.9 Å². The third-order valence-electron chi connectivity index (χ3n) is 2.60. The second kappa shape index (κ2) is 4.74. The number of rotatable bonds is 4. The molecule has 0 bridgehead atoms. The molecular weight excluding hydrogens is 224 g/mol. The van der Waals surface area contributed by atoms with Crippen molar-refractivity contribution in [1.29, 1.82) is 0 Å². The lowest BCUT2D eigenvalue weighted by Crippen LogP contribution is -2.62. The molecule has 1 aliphatic rings. The van der Waals surface area contributed by atoms with Gasteiger partial charge in [-0.2, -0.15) is 0 Å². The van der Waals surface area contributed by atoms with E-state index in [0.29, 0.717) is 12.8 Å². The summed E-state index contributed by atoms with van der Waals surface area (Å²) >= 11 is 4.77. The highest BCUT2D eigenvalue weighted by molar-refractivity contribution is 7.80. The summed E-state index contributed by atoms with van der Waals surface area (Å²) in [6.45, 7) is 7.52. The lowest BCUT2D eigenvalue weighted by molar-refractivity contribution is -0.144. The van der Waals surface area contributed by atoms with Crippen molar-refractivity contribution in [1.82, 2.24) is 10.6 Å². The molecule has 0 aromatic heterocycles. The number of carbonyl (C=O) groups excluding carboxylic acids is 2. The van der Waals surface area contributed by atoms with E-state index < -0.39 is 5.41 Å².